The van der Waals surface area contributed by atoms with Gasteiger partial charge in [-0.15, -0.1) is 0 Å². The molecule has 2 N–H and O–H groups in total. The monoisotopic (exact) mass is 232 g/mol. The minimum absolute atomic E-state index is 0.0521. The Hall–Kier alpha value is -0.160. The lowest BCUT2D eigenvalue weighted by Gasteiger charge is -2.34. The molecule has 0 aromatic carbocycles. The van der Waals surface area contributed by atoms with Crippen LogP contribution in [0.25, 0.3) is 0 Å². The standard InChI is InChI=1S/C12H24O4/c1-4-12(15-5-6-16-12)10(3)7-9(2)11(14)8-13/h9-11,13-14H,4-8H2,1-3H3/t9-,10+,11+/m1/s1. The molecule has 0 aliphatic carbocycles. The number of rotatable bonds is 6. The Morgan fingerprint density at radius 2 is 1.81 bits per heavy atom. The maximum absolute atomic E-state index is 9.54. The van der Waals surface area contributed by atoms with Crippen LogP contribution < -0.4 is 0 Å². The minimum Gasteiger partial charge on any atom is -0.394 e. The molecule has 4 nitrogen and oxygen atoms in total. The zero-order chi connectivity index (χ0) is 12.2. The third kappa shape index (κ3) is 2.94. The first kappa shape index (κ1) is 13.9. The molecule has 1 rings (SSSR count). The number of aliphatic hydroxyl groups is 2. The molecule has 1 heterocycles. The van der Waals surface area contributed by atoms with E-state index in [1.165, 1.54) is 0 Å². The summed E-state index contributed by atoms with van der Waals surface area (Å²) in [4.78, 5) is 0. The van der Waals surface area contributed by atoms with Crippen LogP contribution in [0.1, 0.15) is 33.6 Å². The molecule has 0 radical (unpaired) electrons. The van der Waals surface area contributed by atoms with Crippen LogP contribution in [0.15, 0.2) is 0 Å². The van der Waals surface area contributed by atoms with Gasteiger partial charge in [-0.05, 0) is 18.8 Å². The van der Waals surface area contributed by atoms with Crippen LogP contribution in [0.2, 0.25) is 0 Å². The van der Waals surface area contributed by atoms with Gasteiger partial charge < -0.3 is 19.7 Å². The molecule has 0 saturated carbocycles. The van der Waals surface area contributed by atoms with Crippen molar-refractivity contribution >= 4 is 0 Å². The van der Waals surface area contributed by atoms with E-state index < -0.39 is 11.9 Å². The van der Waals surface area contributed by atoms with Crippen LogP contribution in [0.5, 0.6) is 0 Å². The first-order valence-corrected chi connectivity index (χ1v) is 6.12. The molecule has 16 heavy (non-hydrogen) atoms. The van der Waals surface area contributed by atoms with Gasteiger partial charge in [-0.3, -0.25) is 0 Å². The van der Waals surface area contributed by atoms with Gasteiger partial charge in [0.05, 0.1) is 25.9 Å². The van der Waals surface area contributed by atoms with E-state index >= 15 is 0 Å². The Labute approximate surface area is 97.6 Å². The molecule has 0 spiro atoms. The van der Waals surface area contributed by atoms with Crippen LogP contribution in [-0.2, 0) is 9.47 Å². The number of ether oxygens (including phenoxy) is 2. The quantitative estimate of drug-likeness (QED) is 0.721. The fourth-order valence-electron chi connectivity index (χ4n) is 2.38. The van der Waals surface area contributed by atoms with E-state index in [2.05, 4.69) is 13.8 Å². The Bertz CT molecular complexity index is 201. The van der Waals surface area contributed by atoms with Gasteiger partial charge in [0.15, 0.2) is 5.79 Å². The van der Waals surface area contributed by atoms with Gasteiger partial charge in [0.2, 0.25) is 0 Å². The average Bonchev–Trinajstić information content (AvgIpc) is 2.77. The lowest BCUT2D eigenvalue weighted by molar-refractivity contribution is -0.198. The fourth-order valence-corrected chi connectivity index (χ4v) is 2.38. The van der Waals surface area contributed by atoms with Gasteiger partial charge in [-0.1, -0.05) is 20.8 Å². The Morgan fingerprint density at radius 1 is 1.25 bits per heavy atom. The number of hydrogen-bond donors (Lipinski definition) is 2. The predicted molar refractivity (Wildman–Crippen MR) is 61.0 cm³/mol. The van der Waals surface area contributed by atoms with Gasteiger partial charge in [0, 0.05) is 5.92 Å². The first-order chi connectivity index (χ1) is 7.55. The summed E-state index contributed by atoms with van der Waals surface area (Å²) in [5, 5.41) is 18.4. The average molecular weight is 232 g/mol. The smallest absolute Gasteiger partial charge is 0.170 e. The highest BCUT2D eigenvalue weighted by atomic mass is 16.7. The Kier molecular flexibility index (Phi) is 5.18. The van der Waals surface area contributed by atoms with Crippen molar-refractivity contribution in [1.29, 1.82) is 0 Å². The Morgan fingerprint density at radius 3 is 2.25 bits per heavy atom. The normalized spacial score (nSPS) is 25.3. The molecule has 0 unspecified atom stereocenters. The summed E-state index contributed by atoms with van der Waals surface area (Å²) >= 11 is 0. The molecular formula is C12H24O4. The maximum atomic E-state index is 9.54. The van der Waals surface area contributed by atoms with Crippen molar-refractivity contribution < 1.29 is 19.7 Å². The SMILES string of the molecule is CCC1([C@@H](C)C[C@@H](C)[C@@H](O)CO)OCCO1. The zero-order valence-electron chi connectivity index (χ0n) is 10.5. The molecule has 0 aromatic rings. The van der Waals surface area contributed by atoms with Crippen molar-refractivity contribution in [3.8, 4) is 0 Å². The molecule has 0 amide bonds. The summed E-state index contributed by atoms with van der Waals surface area (Å²) in [6.07, 6.45) is 0.948. The van der Waals surface area contributed by atoms with Crippen LogP contribution >= 0.6 is 0 Å². The van der Waals surface area contributed by atoms with Crippen molar-refractivity contribution in [3.05, 3.63) is 0 Å². The van der Waals surface area contributed by atoms with E-state index in [1.54, 1.807) is 0 Å². The second-order valence-electron chi connectivity index (χ2n) is 4.73. The lowest BCUT2D eigenvalue weighted by Crippen LogP contribution is -2.39. The third-order valence-electron chi connectivity index (χ3n) is 3.59. The van der Waals surface area contributed by atoms with E-state index in [4.69, 9.17) is 14.6 Å². The molecule has 0 aromatic heterocycles. The lowest BCUT2D eigenvalue weighted by atomic mass is 9.86. The molecule has 0 bridgehead atoms. The van der Waals surface area contributed by atoms with Crippen molar-refractivity contribution in [3.63, 3.8) is 0 Å². The first-order valence-electron chi connectivity index (χ1n) is 6.12. The summed E-state index contributed by atoms with van der Waals surface area (Å²) in [5.74, 6) is -0.212. The molecule has 1 fully saturated rings. The maximum Gasteiger partial charge on any atom is 0.170 e. The van der Waals surface area contributed by atoms with Crippen molar-refractivity contribution in [2.24, 2.45) is 11.8 Å². The van der Waals surface area contributed by atoms with Gasteiger partial charge in [-0.25, -0.2) is 0 Å². The van der Waals surface area contributed by atoms with E-state index in [9.17, 15) is 5.11 Å². The molecule has 1 aliphatic rings. The van der Waals surface area contributed by atoms with Gasteiger partial charge in [-0.2, -0.15) is 0 Å². The van der Waals surface area contributed by atoms with E-state index in [1.807, 2.05) is 6.92 Å². The van der Waals surface area contributed by atoms with E-state index in [0.29, 0.717) is 13.2 Å². The third-order valence-corrected chi connectivity index (χ3v) is 3.59. The number of hydrogen-bond acceptors (Lipinski definition) is 4. The molecule has 1 aliphatic heterocycles. The van der Waals surface area contributed by atoms with Crippen LogP contribution in [0, 0.1) is 11.8 Å². The highest BCUT2D eigenvalue weighted by molar-refractivity contribution is 4.81. The van der Waals surface area contributed by atoms with Crippen LogP contribution in [-0.4, -0.2) is 41.9 Å². The van der Waals surface area contributed by atoms with Crippen molar-refractivity contribution in [2.75, 3.05) is 19.8 Å². The van der Waals surface area contributed by atoms with Crippen LogP contribution in [0.4, 0.5) is 0 Å². The van der Waals surface area contributed by atoms with E-state index in [0.717, 1.165) is 12.8 Å². The zero-order valence-corrected chi connectivity index (χ0v) is 10.5. The highest BCUT2D eigenvalue weighted by Crippen LogP contribution is 2.35. The van der Waals surface area contributed by atoms with Gasteiger partial charge in [0.25, 0.3) is 0 Å². The summed E-state index contributed by atoms with van der Waals surface area (Å²) in [6.45, 7) is 7.18. The number of aliphatic hydroxyl groups excluding tert-OH is 2. The molecular weight excluding hydrogens is 208 g/mol. The van der Waals surface area contributed by atoms with Crippen molar-refractivity contribution in [1.82, 2.24) is 0 Å². The highest BCUT2D eigenvalue weighted by Gasteiger charge is 2.41. The molecule has 96 valence electrons. The van der Waals surface area contributed by atoms with E-state index in [-0.39, 0.29) is 18.4 Å². The Balaban J connectivity index is 2.52. The summed E-state index contributed by atoms with van der Waals surface area (Å²) in [5.41, 5.74) is 0. The van der Waals surface area contributed by atoms with Crippen molar-refractivity contribution in [2.45, 2.75) is 45.5 Å². The summed E-state index contributed by atoms with van der Waals surface area (Å²) in [7, 11) is 0. The molecule has 1 saturated heterocycles. The largest absolute Gasteiger partial charge is 0.394 e. The van der Waals surface area contributed by atoms with Gasteiger partial charge in [0.1, 0.15) is 0 Å². The minimum atomic E-state index is -0.655. The summed E-state index contributed by atoms with van der Waals surface area (Å²) < 4.78 is 11.4. The second-order valence-corrected chi connectivity index (χ2v) is 4.73. The molecule has 4 heteroatoms. The van der Waals surface area contributed by atoms with Crippen LogP contribution in [0.3, 0.4) is 0 Å². The fraction of sp³-hybridized carbons (Fsp3) is 1.00. The predicted octanol–water partition coefficient (Wildman–Crippen LogP) is 1.16. The summed E-state index contributed by atoms with van der Waals surface area (Å²) in [6, 6.07) is 0. The molecule has 3 atom stereocenters. The second kappa shape index (κ2) is 5.96. The topological polar surface area (TPSA) is 58.9 Å². The van der Waals surface area contributed by atoms with Gasteiger partial charge >= 0.3 is 0 Å².